The van der Waals surface area contributed by atoms with Crippen molar-refractivity contribution in [3.05, 3.63) is 64.8 Å². The molecule has 0 amide bonds. The lowest BCUT2D eigenvalue weighted by atomic mass is 10.2. The van der Waals surface area contributed by atoms with Gasteiger partial charge in [0.15, 0.2) is 0 Å². The van der Waals surface area contributed by atoms with Gasteiger partial charge in [-0.15, -0.1) is 0 Å². The number of nitrogens with zero attached hydrogens (tertiary/aromatic N) is 2. The van der Waals surface area contributed by atoms with E-state index in [1.165, 1.54) is 0 Å². The maximum absolute atomic E-state index is 13.3. The van der Waals surface area contributed by atoms with Crippen LogP contribution in [0, 0.1) is 0 Å². The van der Waals surface area contributed by atoms with Crippen LogP contribution in [0.25, 0.3) is 0 Å². The lowest BCUT2D eigenvalue weighted by Gasteiger charge is -2.15. The molecule has 140 valence electrons. The molecule has 2 aromatic carbocycles. The highest BCUT2D eigenvalue weighted by Gasteiger charge is 2.35. The van der Waals surface area contributed by atoms with Crippen LogP contribution >= 0.6 is 15.9 Å². The molecule has 0 unspecified atom stereocenters. The summed E-state index contributed by atoms with van der Waals surface area (Å²) in [5.74, 6) is 0.350. The second kappa shape index (κ2) is 7.83. The Kier molecular flexibility index (Phi) is 5.50. The fourth-order valence-corrected chi connectivity index (χ4v) is 2.65. The summed E-state index contributed by atoms with van der Waals surface area (Å²) < 4.78 is 45.7. The molecular weight excluding hydrogens is 425 g/mol. The van der Waals surface area contributed by atoms with Gasteiger partial charge in [-0.2, -0.15) is 18.2 Å². The normalized spacial score (nSPS) is 11.1. The Morgan fingerprint density at radius 1 is 1.00 bits per heavy atom. The summed E-state index contributed by atoms with van der Waals surface area (Å²) in [6, 6.07) is 13.6. The van der Waals surface area contributed by atoms with Crippen LogP contribution in [-0.2, 0) is 6.18 Å². The third-order valence-corrected chi connectivity index (χ3v) is 4.02. The first-order chi connectivity index (χ1) is 12.8. The minimum absolute atomic E-state index is 0.0330. The van der Waals surface area contributed by atoms with Gasteiger partial charge in [0.25, 0.3) is 0 Å². The molecule has 3 rings (SSSR count). The fraction of sp³-hybridized carbons (Fsp3) is 0.111. The van der Waals surface area contributed by atoms with Crippen LogP contribution in [0.2, 0.25) is 0 Å². The van der Waals surface area contributed by atoms with Crippen molar-refractivity contribution in [2.24, 2.45) is 0 Å². The number of alkyl halides is 3. The van der Waals surface area contributed by atoms with Gasteiger partial charge in [-0.3, -0.25) is 0 Å². The topological polar surface area (TPSA) is 59.1 Å². The maximum atomic E-state index is 13.3. The Bertz CT molecular complexity index is 933. The van der Waals surface area contributed by atoms with E-state index in [4.69, 9.17) is 4.74 Å². The molecule has 1 heterocycles. The summed E-state index contributed by atoms with van der Waals surface area (Å²) in [4.78, 5) is 7.78. The van der Waals surface area contributed by atoms with E-state index in [9.17, 15) is 13.2 Å². The highest BCUT2D eigenvalue weighted by molar-refractivity contribution is 9.10. The van der Waals surface area contributed by atoms with E-state index in [2.05, 4.69) is 36.5 Å². The van der Waals surface area contributed by atoms with Crippen molar-refractivity contribution in [1.82, 2.24) is 9.97 Å². The Morgan fingerprint density at radius 2 is 1.74 bits per heavy atom. The molecule has 9 heteroatoms. The molecule has 0 aliphatic carbocycles. The van der Waals surface area contributed by atoms with Crippen LogP contribution in [-0.4, -0.2) is 17.1 Å². The zero-order valence-corrected chi connectivity index (χ0v) is 15.6. The number of halogens is 4. The van der Waals surface area contributed by atoms with Gasteiger partial charge in [0, 0.05) is 22.0 Å². The highest BCUT2D eigenvalue weighted by Crippen LogP contribution is 2.35. The number of hydrogen-bond acceptors (Lipinski definition) is 5. The quantitative estimate of drug-likeness (QED) is 0.530. The van der Waals surface area contributed by atoms with Crippen molar-refractivity contribution < 1.29 is 17.9 Å². The molecular formula is C18H14BrF3N4O. The SMILES string of the molecule is COc1ccc(Nc2ncc(C(F)(F)F)c(Nc3cccc(Br)c3)n2)cc1. The first-order valence-electron chi connectivity index (χ1n) is 7.73. The monoisotopic (exact) mass is 438 g/mol. The minimum Gasteiger partial charge on any atom is -0.497 e. The largest absolute Gasteiger partial charge is 0.497 e. The van der Waals surface area contributed by atoms with Crippen LogP contribution in [0.4, 0.5) is 36.3 Å². The number of benzene rings is 2. The molecule has 0 aliphatic heterocycles. The van der Waals surface area contributed by atoms with Gasteiger partial charge in [0.1, 0.15) is 17.1 Å². The van der Waals surface area contributed by atoms with Gasteiger partial charge in [0.2, 0.25) is 5.95 Å². The molecule has 5 nitrogen and oxygen atoms in total. The molecule has 3 aromatic rings. The molecule has 1 aromatic heterocycles. The van der Waals surface area contributed by atoms with Crippen molar-refractivity contribution in [2.45, 2.75) is 6.18 Å². The number of hydrogen-bond donors (Lipinski definition) is 2. The van der Waals surface area contributed by atoms with Gasteiger partial charge < -0.3 is 15.4 Å². The fourth-order valence-electron chi connectivity index (χ4n) is 2.25. The number of anilines is 4. The van der Waals surface area contributed by atoms with Gasteiger partial charge in [-0.25, -0.2) is 4.98 Å². The van der Waals surface area contributed by atoms with Crippen molar-refractivity contribution in [3.63, 3.8) is 0 Å². The number of ether oxygens (including phenoxy) is 1. The lowest BCUT2D eigenvalue weighted by molar-refractivity contribution is -0.137. The summed E-state index contributed by atoms with van der Waals surface area (Å²) in [6.07, 6.45) is -3.84. The zero-order valence-electron chi connectivity index (χ0n) is 14.0. The van der Waals surface area contributed by atoms with E-state index in [0.29, 0.717) is 17.1 Å². The second-order valence-corrected chi connectivity index (χ2v) is 6.36. The predicted octanol–water partition coefficient (Wildman–Crippen LogP) is 5.75. The highest BCUT2D eigenvalue weighted by atomic mass is 79.9. The molecule has 0 fully saturated rings. The average molecular weight is 439 g/mol. The molecule has 0 saturated carbocycles. The summed E-state index contributed by atoms with van der Waals surface area (Å²) in [5, 5.41) is 5.58. The van der Waals surface area contributed by atoms with E-state index in [-0.39, 0.29) is 11.8 Å². The van der Waals surface area contributed by atoms with Gasteiger partial charge in [0.05, 0.1) is 7.11 Å². The summed E-state index contributed by atoms with van der Waals surface area (Å²) in [6.45, 7) is 0. The van der Waals surface area contributed by atoms with E-state index in [1.54, 1.807) is 55.6 Å². The van der Waals surface area contributed by atoms with Crippen molar-refractivity contribution in [1.29, 1.82) is 0 Å². The molecule has 27 heavy (non-hydrogen) atoms. The summed E-state index contributed by atoms with van der Waals surface area (Å²) >= 11 is 3.29. The number of methoxy groups -OCH3 is 1. The van der Waals surface area contributed by atoms with E-state index in [1.807, 2.05) is 0 Å². The smallest absolute Gasteiger partial charge is 0.421 e. The minimum atomic E-state index is -4.59. The molecule has 2 N–H and O–H groups in total. The first kappa shape index (κ1) is 19.0. The first-order valence-corrected chi connectivity index (χ1v) is 8.52. The second-order valence-electron chi connectivity index (χ2n) is 5.44. The van der Waals surface area contributed by atoms with Crippen LogP contribution in [0.1, 0.15) is 5.56 Å². The third kappa shape index (κ3) is 4.88. The Hall–Kier alpha value is -2.81. The third-order valence-electron chi connectivity index (χ3n) is 3.53. The molecule has 0 aliphatic rings. The van der Waals surface area contributed by atoms with Gasteiger partial charge >= 0.3 is 6.18 Å². The zero-order chi connectivity index (χ0) is 19.4. The number of rotatable bonds is 5. The van der Waals surface area contributed by atoms with E-state index in [0.717, 1.165) is 10.7 Å². The standard InChI is InChI=1S/C18H14BrF3N4O/c1-27-14-7-5-12(6-8-14)25-17-23-10-15(18(20,21)22)16(26-17)24-13-4-2-3-11(19)9-13/h2-10H,1H3,(H2,23,24,25,26). The molecule has 0 saturated heterocycles. The average Bonchev–Trinajstić information content (AvgIpc) is 2.61. The maximum Gasteiger partial charge on any atom is 0.421 e. The summed E-state index contributed by atoms with van der Waals surface area (Å²) in [7, 11) is 1.54. The van der Waals surface area contributed by atoms with Crippen LogP contribution in [0.15, 0.2) is 59.2 Å². The van der Waals surface area contributed by atoms with E-state index >= 15 is 0 Å². The van der Waals surface area contributed by atoms with E-state index < -0.39 is 11.7 Å². The number of nitrogens with one attached hydrogen (secondary N) is 2. The van der Waals surface area contributed by atoms with Gasteiger partial charge in [-0.05, 0) is 42.5 Å². The molecule has 0 bridgehead atoms. The summed E-state index contributed by atoms with van der Waals surface area (Å²) in [5.41, 5.74) is 0.121. The Balaban J connectivity index is 1.92. The number of aromatic nitrogens is 2. The predicted molar refractivity (Wildman–Crippen MR) is 101 cm³/mol. The Labute approximate surface area is 161 Å². The van der Waals surface area contributed by atoms with Crippen molar-refractivity contribution in [2.75, 3.05) is 17.7 Å². The van der Waals surface area contributed by atoms with Crippen LogP contribution < -0.4 is 15.4 Å². The van der Waals surface area contributed by atoms with Crippen LogP contribution in [0.5, 0.6) is 5.75 Å². The van der Waals surface area contributed by atoms with Crippen molar-refractivity contribution in [3.8, 4) is 5.75 Å². The molecule has 0 atom stereocenters. The van der Waals surface area contributed by atoms with Crippen LogP contribution in [0.3, 0.4) is 0 Å². The molecule has 0 spiro atoms. The molecule has 0 radical (unpaired) electrons. The van der Waals surface area contributed by atoms with Crippen molar-refractivity contribution >= 4 is 39.1 Å². The Morgan fingerprint density at radius 3 is 2.37 bits per heavy atom. The lowest BCUT2D eigenvalue weighted by Crippen LogP contribution is -2.12. The van der Waals surface area contributed by atoms with Gasteiger partial charge in [-0.1, -0.05) is 22.0 Å².